The van der Waals surface area contributed by atoms with Crippen LogP contribution < -0.4 is 4.90 Å². The summed E-state index contributed by atoms with van der Waals surface area (Å²) in [7, 11) is 0. The van der Waals surface area contributed by atoms with Gasteiger partial charge in [0, 0.05) is 16.8 Å². The summed E-state index contributed by atoms with van der Waals surface area (Å²) in [4.78, 5) is 13.8. The Morgan fingerprint density at radius 2 is 2.33 bits per heavy atom. The van der Waals surface area contributed by atoms with Gasteiger partial charge >= 0.3 is 0 Å². The molecule has 0 bridgehead atoms. The molecule has 1 N–H and O–H groups in total. The van der Waals surface area contributed by atoms with E-state index >= 15 is 0 Å². The molecule has 1 fully saturated rings. The average molecular weight is 314 g/mol. The fourth-order valence-corrected chi connectivity index (χ4v) is 2.69. The summed E-state index contributed by atoms with van der Waals surface area (Å²) in [5, 5.41) is 9.08. The largest absolute Gasteiger partial charge is 0.396 e. The molecule has 18 heavy (non-hydrogen) atoms. The molecule has 5 heteroatoms. The van der Waals surface area contributed by atoms with E-state index in [-0.39, 0.29) is 25.2 Å². The number of halogens is 1. The third-order valence-corrected chi connectivity index (χ3v) is 3.54. The van der Waals surface area contributed by atoms with Crippen LogP contribution in [0.5, 0.6) is 0 Å². The van der Waals surface area contributed by atoms with E-state index in [0.29, 0.717) is 13.0 Å². The van der Waals surface area contributed by atoms with Gasteiger partial charge in [0.1, 0.15) is 6.61 Å². The minimum absolute atomic E-state index is 0.0490. The van der Waals surface area contributed by atoms with Gasteiger partial charge < -0.3 is 14.7 Å². The SMILES string of the molecule is Cc1cc(Br)ccc1N1C(=O)COCC1CCO. The molecular weight excluding hydrogens is 298 g/mol. The van der Waals surface area contributed by atoms with Crippen LogP contribution in [0.1, 0.15) is 12.0 Å². The Bertz CT molecular complexity index is 448. The molecule has 1 aromatic rings. The molecule has 0 aliphatic carbocycles. The van der Waals surface area contributed by atoms with Crippen LogP contribution in [0.3, 0.4) is 0 Å². The third kappa shape index (κ3) is 2.74. The number of carbonyl (C=O) groups is 1. The number of morpholine rings is 1. The zero-order valence-electron chi connectivity index (χ0n) is 10.2. The third-order valence-electron chi connectivity index (χ3n) is 3.05. The van der Waals surface area contributed by atoms with E-state index in [4.69, 9.17) is 9.84 Å². The standard InChI is InChI=1S/C13H16BrNO3/c1-9-6-10(14)2-3-12(9)15-11(4-5-16)7-18-8-13(15)17/h2-3,6,11,16H,4-5,7-8H2,1H3. The van der Waals surface area contributed by atoms with E-state index in [1.165, 1.54) is 0 Å². The molecule has 1 amide bonds. The summed E-state index contributed by atoms with van der Waals surface area (Å²) in [6.07, 6.45) is 0.529. The highest BCUT2D eigenvalue weighted by Gasteiger charge is 2.30. The Hall–Kier alpha value is -0.910. The maximum Gasteiger partial charge on any atom is 0.253 e. The monoisotopic (exact) mass is 313 g/mol. The Balaban J connectivity index is 2.34. The maximum atomic E-state index is 12.0. The van der Waals surface area contributed by atoms with Crippen LogP contribution in [0, 0.1) is 6.92 Å². The second-order valence-electron chi connectivity index (χ2n) is 4.38. The van der Waals surface area contributed by atoms with Crippen molar-refractivity contribution in [3.05, 3.63) is 28.2 Å². The lowest BCUT2D eigenvalue weighted by Crippen LogP contribution is -2.50. The van der Waals surface area contributed by atoms with Crippen LogP contribution >= 0.6 is 15.9 Å². The summed E-state index contributed by atoms with van der Waals surface area (Å²) in [5.74, 6) is -0.0508. The van der Waals surface area contributed by atoms with Gasteiger partial charge in [0.25, 0.3) is 5.91 Å². The second-order valence-corrected chi connectivity index (χ2v) is 5.29. The molecule has 1 unspecified atom stereocenters. The Morgan fingerprint density at radius 1 is 1.56 bits per heavy atom. The maximum absolute atomic E-state index is 12.0. The lowest BCUT2D eigenvalue weighted by Gasteiger charge is -2.36. The van der Waals surface area contributed by atoms with Crippen LogP contribution in [0.4, 0.5) is 5.69 Å². The van der Waals surface area contributed by atoms with Gasteiger partial charge in [-0.15, -0.1) is 0 Å². The number of aliphatic hydroxyl groups excluding tert-OH is 1. The van der Waals surface area contributed by atoms with Gasteiger partial charge in [0.15, 0.2) is 0 Å². The molecule has 1 heterocycles. The molecule has 0 aromatic heterocycles. The number of hydrogen-bond donors (Lipinski definition) is 1. The van der Waals surface area contributed by atoms with E-state index in [1.54, 1.807) is 4.90 Å². The predicted molar refractivity (Wildman–Crippen MR) is 72.7 cm³/mol. The predicted octanol–water partition coefficient (Wildman–Crippen LogP) is 1.87. The molecule has 0 saturated carbocycles. The summed E-state index contributed by atoms with van der Waals surface area (Å²) in [5.41, 5.74) is 1.92. The minimum Gasteiger partial charge on any atom is -0.396 e. The highest BCUT2D eigenvalue weighted by Crippen LogP contribution is 2.28. The van der Waals surface area contributed by atoms with Crippen molar-refractivity contribution >= 4 is 27.5 Å². The van der Waals surface area contributed by atoms with Crippen LogP contribution in [-0.4, -0.2) is 36.9 Å². The van der Waals surface area contributed by atoms with Gasteiger partial charge in [-0.3, -0.25) is 4.79 Å². The van der Waals surface area contributed by atoms with E-state index < -0.39 is 0 Å². The van der Waals surface area contributed by atoms with Crippen molar-refractivity contribution in [1.82, 2.24) is 0 Å². The van der Waals surface area contributed by atoms with Gasteiger partial charge in [-0.1, -0.05) is 15.9 Å². The van der Waals surface area contributed by atoms with Crippen molar-refractivity contribution in [2.75, 3.05) is 24.7 Å². The molecule has 4 nitrogen and oxygen atoms in total. The fourth-order valence-electron chi connectivity index (χ4n) is 2.21. The number of carbonyl (C=O) groups excluding carboxylic acids is 1. The quantitative estimate of drug-likeness (QED) is 0.927. The summed E-state index contributed by atoms with van der Waals surface area (Å²) < 4.78 is 6.24. The molecule has 98 valence electrons. The van der Waals surface area contributed by atoms with Gasteiger partial charge in [-0.05, 0) is 37.1 Å². The zero-order chi connectivity index (χ0) is 13.1. The Labute approximate surface area is 115 Å². The number of nitrogens with zero attached hydrogens (tertiary/aromatic N) is 1. The number of benzene rings is 1. The highest BCUT2D eigenvalue weighted by molar-refractivity contribution is 9.10. The lowest BCUT2D eigenvalue weighted by atomic mass is 10.1. The van der Waals surface area contributed by atoms with Crippen molar-refractivity contribution in [2.45, 2.75) is 19.4 Å². The highest BCUT2D eigenvalue weighted by atomic mass is 79.9. The Kier molecular flexibility index (Phi) is 4.37. The number of anilines is 1. The molecule has 1 saturated heterocycles. The molecule has 0 radical (unpaired) electrons. The van der Waals surface area contributed by atoms with Crippen LogP contribution in [-0.2, 0) is 9.53 Å². The van der Waals surface area contributed by atoms with E-state index in [2.05, 4.69) is 15.9 Å². The second kappa shape index (κ2) is 5.82. The first-order chi connectivity index (χ1) is 8.63. The van der Waals surface area contributed by atoms with Crippen LogP contribution in [0.25, 0.3) is 0 Å². The first kappa shape index (κ1) is 13.5. The fraction of sp³-hybridized carbons (Fsp3) is 0.462. The first-order valence-electron chi connectivity index (χ1n) is 5.90. The number of aryl methyl sites for hydroxylation is 1. The van der Waals surface area contributed by atoms with Gasteiger partial charge in [0.2, 0.25) is 0 Å². The van der Waals surface area contributed by atoms with E-state index in [9.17, 15) is 4.79 Å². The molecule has 1 aromatic carbocycles. The normalized spacial score (nSPS) is 20.3. The molecule has 2 rings (SSSR count). The molecule has 1 aliphatic rings. The van der Waals surface area contributed by atoms with Crippen molar-refractivity contribution in [3.8, 4) is 0 Å². The number of ether oxygens (including phenoxy) is 1. The van der Waals surface area contributed by atoms with Crippen molar-refractivity contribution in [2.24, 2.45) is 0 Å². The topological polar surface area (TPSA) is 49.8 Å². The van der Waals surface area contributed by atoms with Crippen molar-refractivity contribution in [1.29, 1.82) is 0 Å². The van der Waals surface area contributed by atoms with E-state index in [0.717, 1.165) is 15.7 Å². The smallest absolute Gasteiger partial charge is 0.253 e. The summed E-state index contributed by atoms with van der Waals surface area (Å²) in [6.45, 7) is 2.60. The van der Waals surface area contributed by atoms with Crippen LogP contribution in [0.15, 0.2) is 22.7 Å². The van der Waals surface area contributed by atoms with Gasteiger partial charge in [-0.2, -0.15) is 0 Å². The molecule has 1 atom stereocenters. The molecule has 0 spiro atoms. The number of amides is 1. The number of aliphatic hydroxyl groups is 1. The number of rotatable bonds is 3. The van der Waals surface area contributed by atoms with Crippen molar-refractivity contribution < 1.29 is 14.6 Å². The summed E-state index contributed by atoms with van der Waals surface area (Å²) in [6, 6.07) is 5.73. The molecule has 1 aliphatic heterocycles. The van der Waals surface area contributed by atoms with Gasteiger partial charge in [0.05, 0.1) is 12.6 Å². The average Bonchev–Trinajstić information content (AvgIpc) is 2.31. The van der Waals surface area contributed by atoms with Gasteiger partial charge in [-0.25, -0.2) is 0 Å². The first-order valence-corrected chi connectivity index (χ1v) is 6.69. The Morgan fingerprint density at radius 3 is 3.00 bits per heavy atom. The zero-order valence-corrected chi connectivity index (χ0v) is 11.8. The molecular formula is C13H16BrNO3. The lowest BCUT2D eigenvalue weighted by molar-refractivity contribution is -0.127. The van der Waals surface area contributed by atoms with Crippen LogP contribution in [0.2, 0.25) is 0 Å². The number of hydrogen-bond acceptors (Lipinski definition) is 3. The summed E-state index contributed by atoms with van der Waals surface area (Å²) >= 11 is 3.41. The van der Waals surface area contributed by atoms with E-state index in [1.807, 2.05) is 25.1 Å². The minimum atomic E-state index is -0.0869. The van der Waals surface area contributed by atoms with Crippen molar-refractivity contribution in [3.63, 3.8) is 0 Å².